The molecule has 208 valence electrons. The number of esters is 2. The van der Waals surface area contributed by atoms with Crippen LogP contribution in [0.2, 0.25) is 0 Å². The van der Waals surface area contributed by atoms with Gasteiger partial charge in [-0.2, -0.15) is 0 Å². The Balaban J connectivity index is 1.11. The van der Waals surface area contributed by atoms with Gasteiger partial charge in [-0.05, 0) is 123 Å². The lowest BCUT2D eigenvalue weighted by atomic mass is 9.44. The number of carbonyl (C=O) groups excluding carboxylic acids is 2. The number of benzene rings is 2. The fourth-order valence-corrected chi connectivity index (χ4v) is 9.82. The molecule has 0 aliphatic heterocycles. The first-order valence-electron chi connectivity index (χ1n) is 15.3. The average molecular weight is 529 g/mol. The minimum Gasteiger partial charge on any atom is -0.459 e. The van der Waals surface area contributed by atoms with Crippen LogP contribution >= 0.6 is 0 Å². The van der Waals surface area contributed by atoms with Crippen molar-refractivity contribution in [1.82, 2.24) is 0 Å². The third kappa shape index (κ3) is 4.72. The molecule has 4 nitrogen and oxygen atoms in total. The molecule has 0 bridgehead atoms. The molecule has 0 heterocycles. The Hall–Kier alpha value is -2.62. The van der Waals surface area contributed by atoms with Crippen molar-refractivity contribution in [2.75, 3.05) is 0 Å². The molecule has 0 aromatic heterocycles. The van der Waals surface area contributed by atoms with Crippen molar-refractivity contribution in [2.45, 2.75) is 90.8 Å². The first-order chi connectivity index (χ1) is 18.8. The number of fused-ring (bicyclic) bond motifs is 5. The molecule has 4 aliphatic rings. The fraction of sp³-hybridized carbons (Fsp3) is 0.600. The van der Waals surface area contributed by atoms with Crippen LogP contribution in [0.15, 0.2) is 60.7 Å². The SMILES string of the molecule is C[C@@H](OC(=O)c1ccccc1)[C@@H]1CC[C@@H]2[C@H]3CC[C@@H]4C[C@@H](OC(=O)c5ccccc5)CC[C@@]4(C)[C@@H]3CC[C@]21C. The zero-order valence-electron chi connectivity index (χ0n) is 23.8. The molecule has 6 rings (SSSR count). The zero-order chi connectivity index (χ0) is 27.2. The molecule has 4 heteroatoms. The predicted octanol–water partition coefficient (Wildman–Crippen LogP) is 8.12. The van der Waals surface area contributed by atoms with Gasteiger partial charge in [-0.25, -0.2) is 9.59 Å². The molecular formula is C35H44O4. The van der Waals surface area contributed by atoms with Gasteiger partial charge in [-0.15, -0.1) is 0 Å². The molecule has 0 spiro atoms. The van der Waals surface area contributed by atoms with Crippen molar-refractivity contribution in [3.05, 3.63) is 71.8 Å². The van der Waals surface area contributed by atoms with E-state index >= 15 is 0 Å². The van der Waals surface area contributed by atoms with Crippen molar-refractivity contribution in [3.8, 4) is 0 Å². The fourth-order valence-electron chi connectivity index (χ4n) is 9.82. The number of hydrogen-bond acceptors (Lipinski definition) is 4. The lowest BCUT2D eigenvalue weighted by molar-refractivity contribution is -0.133. The highest BCUT2D eigenvalue weighted by atomic mass is 16.5. The monoisotopic (exact) mass is 528 g/mol. The molecular weight excluding hydrogens is 484 g/mol. The second-order valence-corrected chi connectivity index (χ2v) is 13.5. The first-order valence-corrected chi connectivity index (χ1v) is 15.3. The van der Waals surface area contributed by atoms with E-state index in [1.807, 2.05) is 60.7 Å². The molecule has 0 N–H and O–H groups in total. The van der Waals surface area contributed by atoms with E-state index in [1.54, 1.807) is 0 Å². The molecule has 2 aromatic carbocycles. The van der Waals surface area contributed by atoms with Crippen molar-refractivity contribution in [2.24, 2.45) is 40.4 Å². The topological polar surface area (TPSA) is 52.6 Å². The summed E-state index contributed by atoms with van der Waals surface area (Å²) in [5, 5.41) is 0. The second-order valence-electron chi connectivity index (χ2n) is 13.5. The number of hydrogen-bond donors (Lipinski definition) is 0. The summed E-state index contributed by atoms with van der Waals surface area (Å²) in [4.78, 5) is 25.5. The van der Waals surface area contributed by atoms with E-state index in [0.717, 1.165) is 37.5 Å². The van der Waals surface area contributed by atoms with Crippen LogP contribution in [0.1, 0.15) is 99.3 Å². The largest absolute Gasteiger partial charge is 0.459 e. The van der Waals surface area contributed by atoms with Crippen molar-refractivity contribution < 1.29 is 19.1 Å². The number of rotatable bonds is 5. The first kappa shape index (κ1) is 26.6. The summed E-state index contributed by atoms with van der Waals surface area (Å²) >= 11 is 0. The van der Waals surface area contributed by atoms with E-state index in [1.165, 1.54) is 32.1 Å². The van der Waals surface area contributed by atoms with Gasteiger partial charge < -0.3 is 9.47 Å². The van der Waals surface area contributed by atoms with E-state index < -0.39 is 0 Å². The molecule has 39 heavy (non-hydrogen) atoms. The maximum Gasteiger partial charge on any atom is 0.338 e. The zero-order valence-corrected chi connectivity index (χ0v) is 23.8. The Kier molecular flexibility index (Phi) is 7.10. The number of ether oxygens (including phenoxy) is 2. The van der Waals surface area contributed by atoms with Gasteiger partial charge in [0.1, 0.15) is 12.2 Å². The Bertz CT molecular complexity index is 1180. The Morgan fingerprint density at radius 2 is 1.36 bits per heavy atom. The maximum atomic E-state index is 12.8. The molecule has 4 aliphatic carbocycles. The molecule has 9 atom stereocenters. The molecule has 0 amide bonds. The molecule has 2 aromatic rings. The van der Waals surface area contributed by atoms with Crippen LogP contribution in [0.3, 0.4) is 0 Å². The van der Waals surface area contributed by atoms with Crippen LogP contribution < -0.4 is 0 Å². The maximum absolute atomic E-state index is 12.8. The van der Waals surface area contributed by atoms with E-state index in [-0.39, 0.29) is 29.6 Å². The normalized spacial score (nSPS) is 38.0. The van der Waals surface area contributed by atoms with Crippen molar-refractivity contribution in [1.29, 1.82) is 0 Å². The van der Waals surface area contributed by atoms with Gasteiger partial charge in [-0.3, -0.25) is 0 Å². The Morgan fingerprint density at radius 1 is 0.744 bits per heavy atom. The van der Waals surface area contributed by atoms with E-state index in [9.17, 15) is 9.59 Å². The van der Waals surface area contributed by atoms with Gasteiger partial charge in [0.25, 0.3) is 0 Å². The van der Waals surface area contributed by atoms with Crippen LogP contribution in [0, 0.1) is 40.4 Å². The molecule has 0 radical (unpaired) electrons. The van der Waals surface area contributed by atoms with Gasteiger partial charge in [0.05, 0.1) is 11.1 Å². The van der Waals surface area contributed by atoms with Gasteiger partial charge in [0, 0.05) is 5.92 Å². The van der Waals surface area contributed by atoms with E-state index in [2.05, 4.69) is 20.8 Å². The van der Waals surface area contributed by atoms with Crippen LogP contribution in [-0.4, -0.2) is 24.1 Å². The third-order valence-corrected chi connectivity index (χ3v) is 11.8. The van der Waals surface area contributed by atoms with Gasteiger partial charge >= 0.3 is 11.9 Å². The number of carbonyl (C=O) groups is 2. The van der Waals surface area contributed by atoms with Crippen LogP contribution in [0.5, 0.6) is 0 Å². The highest BCUT2D eigenvalue weighted by molar-refractivity contribution is 5.89. The summed E-state index contributed by atoms with van der Waals surface area (Å²) in [6.45, 7) is 7.19. The van der Waals surface area contributed by atoms with Crippen LogP contribution in [0.25, 0.3) is 0 Å². The summed E-state index contributed by atoms with van der Waals surface area (Å²) in [7, 11) is 0. The van der Waals surface area contributed by atoms with Gasteiger partial charge in [0.15, 0.2) is 0 Å². The summed E-state index contributed by atoms with van der Waals surface area (Å²) in [6.07, 6.45) is 10.6. The summed E-state index contributed by atoms with van der Waals surface area (Å²) in [5.41, 5.74) is 1.87. The lowest BCUT2D eigenvalue weighted by Crippen LogP contribution is -2.54. The highest BCUT2D eigenvalue weighted by Gasteiger charge is 2.61. The van der Waals surface area contributed by atoms with Gasteiger partial charge in [-0.1, -0.05) is 50.2 Å². The highest BCUT2D eigenvalue weighted by Crippen LogP contribution is 2.68. The van der Waals surface area contributed by atoms with Gasteiger partial charge in [0.2, 0.25) is 0 Å². The average Bonchev–Trinajstić information content (AvgIpc) is 3.31. The lowest BCUT2D eigenvalue weighted by Gasteiger charge is -2.61. The molecule has 4 saturated carbocycles. The second kappa shape index (κ2) is 10.4. The Morgan fingerprint density at radius 3 is 2.05 bits per heavy atom. The third-order valence-electron chi connectivity index (χ3n) is 11.8. The minimum absolute atomic E-state index is 0.0391. The Labute approximate surface area is 233 Å². The van der Waals surface area contributed by atoms with Crippen molar-refractivity contribution >= 4 is 11.9 Å². The molecule has 4 fully saturated rings. The minimum atomic E-state index is -0.193. The van der Waals surface area contributed by atoms with E-state index in [4.69, 9.17) is 9.47 Å². The van der Waals surface area contributed by atoms with Crippen LogP contribution in [0.4, 0.5) is 0 Å². The van der Waals surface area contributed by atoms with Crippen LogP contribution in [-0.2, 0) is 9.47 Å². The summed E-state index contributed by atoms with van der Waals surface area (Å²) < 4.78 is 12.1. The van der Waals surface area contributed by atoms with Crippen molar-refractivity contribution in [3.63, 3.8) is 0 Å². The molecule has 0 saturated heterocycles. The summed E-state index contributed by atoms with van der Waals surface area (Å²) in [6, 6.07) is 18.8. The quantitative estimate of drug-likeness (QED) is 0.368. The molecule has 0 unspecified atom stereocenters. The predicted molar refractivity (Wildman–Crippen MR) is 152 cm³/mol. The standard InChI is InChI=1S/C35H44O4/c1-23(38-32(36)24-10-6-4-7-11-24)29-16-17-30-28-15-14-26-22-27(39-33(37)25-12-8-5-9-13-25)18-20-34(26,2)31(28)19-21-35(29,30)3/h4-13,23,26-31H,14-22H2,1-3H3/t23-,26-,27+,28-,29+,30-,31-,34-,35+/m1/s1. The summed E-state index contributed by atoms with van der Waals surface area (Å²) in [5.74, 6) is 2.91. The smallest absolute Gasteiger partial charge is 0.338 e. The van der Waals surface area contributed by atoms with E-state index in [0.29, 0.717) is 34.3 Å².